The van der Waals surface area contributed by atoms with E-state index in [1.165, 1.54) is 0 Å². The molecule has 0 aliphatic rings. The molecule has 4 heteroatoms. The van der Waals surface area contributed by atoms with Crippen molar-refractivity contribution in [2.45, 2.75) is 0 Å². The van der Waals surface area contributed by atoms with E-state index in [-0.39, 0.29) is 40.4 Å². The second-order valence-electron chi connectivity index (χ2n) is 0. The Hall–Kier alpha value is 2.47. The summed E-state index contributed by atoms with van der Waals surface area (Å²) >= 11 is 5.00. The van der Waals surface area contributed by atoms with Gasteiger partial charge in [0.1, 0.15) is 0 Å². The first-order valence-electron chi connectivity index (χ1n) is 0.118. The summed E-state index contributed by atoms with van der Waals surface area (Å²) < 4.78 is 0. The molecule has 0 aliphatic heterocycles. The maximum atomic E-state index is 3.25. The van der Waals surface area contributed by atoms with Crippen LogP contribution < -0.4 is 0 Å². The van der Waals surface area contributed by atoms with Crippen molar-refractivity contribution in [3.8, 4) is 0 Å². The van der Waals surface area contributed by atoms with Crippen LogP contribution >= 0.6 is 0 Å². The molecule has 0 atom stereocenters. The summed E-state index contributed by atoms with van der Waals surface area (Å²) in [4.78, 5) is 0. The molecule has 0 N–H and O–H groups in total. The molecule has 0 fully saturated rings. The smallest absolute Gasteiger partial charge is 0.316 e. The van der Waals surface area contributed by atoms with Gasteiger partial charge in [-0.25, -0.2) is 0 Å². The third-order valence-corrected chi connectivity index (χ3v) is 0. The first-order chi connectivity index (χ1) is 1.00. The summed E-state index contributed by atoms with van der Waals surface area (Å²) in [5, 5.41) is 0. The molecule has 0 aromatic rings. The third kappa shape index (κ3) is 8.82. The predicted molar refractivity (Wildman–Crippen MR) is 18.5 cm³/mol. The first-order valence-corrected chi connectivity index (χ1v) is 3.98. The van der Waals surface area contributed by atoms with Crippen LogP contribution in [0.5, 0.6) is 0 Å². The predicted octanol–water partition coefficient (Wildman–Crippen LogP) is -2.11. The zero-order valence-electron chi connectivity index (χ0n) is 0.687. The second kappa shape index (κ2) is 17.9. The average molecular weight is 304 g/mol. The monoisotopic (exact) mass is 305 g/mol. The van der Waals surface area contributed by atoms with Crippen molar-refractivity contribution in [3.63, 3.8) is 0 Å². The van der Waals surface area contributed by atoms with E-state index < -0.39 is 0 Å². The van der Waals surface area contributed by atoms with Crippen LogP contribution in [0.4, 0.5) is 0 Å². The molecule has 0 aromatic heterocycles. The van der Waals surface area contributed by atoms with E-state index in [0.717, 1.165) is 0 Å². The molecule has 27 valence electrons. The zero-order valence-corrected chi connectivity index (χ0v) is 4.19. The minimum Gasteiger partial charge on any atom is 0.316 e. The molecule has 0 aromatic carbocycles. The zero-order chi connectivity index (χ0) is 2.00. The number of hydrogen-bond acceptors (Lipinski definition) is 0. The van der Waals surface area contributed by atoms with E-state index in [9.17, 15) is 0 Å². The van der Waals surface area contributed by atoms with E-state index in [1.54, 1.807) is 16.9 Å². The van der Waals surface area contributed by atoms with Gasteiger partial charge in [0.05, 0.1) is 0 Å². The van der Waals surface area contributed by atoms with E-state index in [0.29, 0.717) is 0 Å². The van der Waals surface area contributed by atoms with Crippen molar-refractivity contribution in [2.24, 2.45) is 0 Å². The van der Waals surface area contributed by atoms with Gasteiger partial charge in [0.15, 0.2) is 17.4 Å². The largest absolute Gasteiger partial charge is 0.316 e. The summed E-state index contributed by atoms with van der Waals surface area (Å²) in [5.74, 6) is 0. The van der Waals surface area contributed by atoms with Crippen molar-refractivity contribution >= 4 is 40.4 Å². The first kappa shape index (κ1) is 16.1. The van der Waals surface area contributed by atoms with Crippen molar-refractivity contribution in [3.05, 3.63) is 0 Å². The Morgan fingerprint density at radius 2 is 1.25 bits per heavy atom. The van der Waals surface area contributed by atoms with E-state index in [2.05, 4.69) is 13.6 Å². The van der Waals surface area contributed by atoms with E-state index >= 15 is 0 Å². The van der Waals surface area contributed by atoms with Crippen molar-refractivity contribution in [2.75, 3.05) is 0 Å². The van der Waals surface area contributed by atoms with Gasteiger partial charge in [-0.3, -0.25) is 0 Å². The number of rotatable bonds is 0. The molecule has 4 heavy (non-hydrogen) atoms. The van der Waals surface area contributed by atoms with Gasteiger partial charge in [0.25, 0.3) is 0 Å². The fraction of sp³-hybridized carbons (Fsp3) is 0. The van der Waals surface area contributed by atoms with Crippen LogP contribution in [-0.2, 0) is 30.5 Å². The molecule has 0 saturated carbocycles. The molecule has 0 heterocycles. The molecule has 0 rings (SSSR count). The SMILES string of the molecule is [AlH3].[Fe][Ir].[MgH2]. The molecule has 0 spiro atoms. The Morgan fingerprint density at radius 3 is 1.25 bits per heavy atom. The topological polar surface area (TPSA) is 0 Å². The molecule has 0 unspecified atom stereocenters. The van der Waals surface area contributed by atoms with Gasteiger partial charge < -0.3 is 0 Å². The normalized spacial score (nSPS) is 1.75. The molecule has 0 bridgehead atoms. The molecule has 0 amide bonds. The average Bonchev–Trinajstić information content (AvgIpc) is 1.00. The van der Waals surface area contributed by atoms with Gasteiger partial charge >= 0.3 is 53.5 Å². The third-order valence-electron chi connectivity index (χ3n) is 0. The second-order valence-corrected chi connectivity index (χ2v) is 0. The standard InChI is InChI=1S/Al.Fe.Ir.Mg.5H. The summed E-state index contributed by atoms with van der Waals surface area (Å²) in [6.45, 7) is 0. The van der Waals surface area contributed by atoms with Crippen molar-refractivity contribution < 1.29 is 30.5 Å². The molecule has 0 nitrogen and oxygen atoms in total. The Bertz CT molecular complexity index is 8.00. The van der Waals surface area contributed by atoms with Crippen LogP contribution in [-0.4, -0.2) is 40.4 Å². The van der Waals surface area contributed by atoms with Crippen LogP contribution in [0.2, 0.25) is 0 Å². The van der Waals surface area contributed by atoms with E-state index in [4.69, 9.17) is 0 Å². The maximum absolute atomic E-state index is 3.25. The van der Waals surface area contributed by atoms with E-state index in [1.807, 2.05) is 0 Å². The van der Waals surface area contributed by atoms with Crippen molar-refractivity contribution in [1.82, 2.24) is 0 Å². The van der Waals surface area contributed by atoms with Gasteiger partial charge in [0, 0.05) is 0 Å². The van der Waals surface area contributed by atoms with Gasteiger partial charge in [-0.2, -0.15) is 0 Å². The Labute approximate surface area is 69.9 Å². The summed E-state index contributed by atoms with van der Waals surface area (Å²) in [6.07, 6.45) is 0. The summed E-state index contributed by atoms with van der Waals surface area (Å²) in [6, 6.07) is 0. The summed E-state index contributed by atoms with van der Waals surface area (Å²) in [5.41, 5.74) is 0. The van der Waals surface area contributed by atoms with Crippen molar-refractivity contribution in [1.29, 1.82) is 0 Å². The molecule has 0 saturated heterocycles. The van der Waals surface area contributed by atoms with Gasteiger partial charge in [-0.05, 0) is 0 Å². The number of hydrogen-bond donors (Lipinski definition) is 0. The molecular formula is H5AlFeIrMg. The van der Waals surface area contributed by atoms with Gasteiger partial charge in [0.2, 0.25) is 0 Å². The van der Waals surface area contributed by atoms with Crippen LogP contribution in [0.25, 0.3) is 0 Å². The fourth-order valence-electron chi connectivity index (χ4n) is 0. The van der Waals surface area contributed by atoms with Crippen LogP contribution in [0.3, 0.4) is 0 Å². The van der Waals surface area contributed by atoms with Crippen LogP contribution in [0.1, 0.15) is 0 Å². The Morgan fingerprint density at radius 1 is 1.25 bits per heavy atom. The minimum absolute atomic E-state index is 0. The fourth-order valence-corrected chi connectivity index (χ4v) is 0. The van der Waals surface area contributed by atoms with Gasteiger partial charge in [-0.1, -0.05) is 0 Å². The quantitative estimate of drug-likeness (QED) is 0.450. The van der Waals surface area contributed by atoms with Crippen LogP contribution in [0.15, 0.2) is 0 Å². The molecular weight excluding hydrogens is 299 g/mol. The maximum Gasteiger partial charge on any atom is 0.316 e. The molecule has 0 aliphatic carbocycles. The Balaban J connectivity index is -0.00000000500. The van der Waals surface area contributed by atoms with Gasteiger partial charge in [-0.15, -0.1) is 0 Å². The summed E-state index contributed by atoms with van der Waals surface area (Å²) in [7, 11) is 0. The molecule has 0 radical (unpaired) electrons. The Kier molecular flexibility index (Phi) is 72.0. The minimum atomic E-state index is 0. The van der Waals surface area contributed by atoms with Crippen LogP contribution in [0, 0.1) is 0 Å².